The summed E-state index contributed by atoms with van der Waals surface area (Å²) in [6.07, 6.45) is 2.39. The number of nitrogens with zero attached hydrogens (tertiary/aromatic N) is 3. The SMILES string of the molecule is CN=C(NCCCCN1CCN(C)CC1)NCCOc1ccc(C)cc1. The van der Waals surface area contributed by atoms with E-state index in [0.29, 0.717) is 6.61 Å². The van der Waals surface area contributed by atoms with Gasteiger partial charge in [-0.25, -0.2) is 0 Å². The fraction of sp³-hybridized carbons (Fsp3) is 0.650. The second-order valence-electron chi connectivity index (χ2n) is 6.94. The average Bonchev–Trinajstić information content (AvgIpc) is 2.66. The summed E-state index contributed by atoms with van der Waals surface area (Å²) in [6.45, 7) is 10.4. The summed E-state index contributed by atoms with van der Waals surface area (Å²) < 4.78 is 5.72. The number of ether oxygens (including phenoxy) is 1. The number of unbranched alkanes of at least 4 members (excludes halogenated alkanes) is 1. The number of benzene rings is 1. The zero-order valence-corrected chi connectivity index (χ0v) is 16.6. The van der Waals surface area contributed by atoms with Gasteiger partial charge in [0.25, 0.3) is 0 Å². The molecule has 0 saturated carbocycles. The van der Waals surface area contributed by atoms with Gasteiger partial charge in [0, 0.05) is 39.8 Å². The van der Waals surface area contributed by atoms with Crippen molar-refractivity contribution in [2.75, 3.05) is 66.5 Å². The molecular formula is C20H35N5O. The van der Waals surface area contributed by atoms with E-state index in [4.69, 9.17) is 4.74 Å². The number of nitrogens with one attached hydrogen (secondary N) is 2. The van der Waals surface area contributed by atoms with Crippen molar-refractivity contribution in [1.82, 2.24) is 20.4 Å². The van der Waals surface area contributed by atoms with Crippen LogP contribution in [-0.4, -0.2) is 82.3 Å². The molecule has 0 bridgehead atoms. The summed E-state index contributed by atoms with van der Waals surface area (Å²) in [4.78, 5) is 9.23. The number of hydrogen-bond donors (Lipinski definition) is 2. The fourth-order valence-electron chi connectivity index (χ4n) is 2.93. The molecular weight excluding hydrogens is 326 g/mol. The summed E-state index contributed by atoms with van der Waals surface area (Å²) in [5.41, 5.74) is 1.24. The summed E-state index contributed by atoms with van der Waals surface area (Å²) in [7, 11) is 4.01. The Hall–Kier alpha value is -1.79. The number of aryl methyl sites for hydroxylation is 1. The van der Waals surface area contributed by atoms with Gasteiger partial charge in [0.05, 0.1) is 6.54 Å². The number of likely N-dealkylation sites (N-methyl/N-ethyl adjacent to an activating group) is 1. The maximum absolute atomic E-state index is 5.72. The molecule has 0 radical (unpaired) electrons. The predicted octanol–water partition coefficient (Wildman–Crippen LogP) is 1.57. The van der Waals surface area contributed by atoms with Crippen molar-refractivity contribution in [3.63, 3.8) is 0 Å². The Labute approximate surface area is 158 Å². The first-order valence-electron chi connectivity index (χ1n) is 9.72. The third kappa shape index (κ3) is 8.06. The number of rotatable bonds is 9. The van der Waals surface area contributed by atoms with E-state index in [2.05, 4.69) is 51.5 Å². The van der Waals surface area contributed by atoms with Gasteiger partial charge in [-0.3, -0.25) is 4.99 Å². The molecule has 0 spiro atoms. The molecule has 2 rings (SSSR count). The van der Waals surface area contributed by atoms with Gasteiger partial charge in [0.15, 0.2) is 5.96 Å². The molecule has 6 heteroatoms. The lowest BCUT2D eigenvalue weighted by atomic mass is 10.2. The summed E-state index contributed by atoms with van der Waals surface area (Å²) in [5.74, 6) is 1.75. The van der Waals surface area contributed by atoms with E-state index in [0.717, 1.165) is 31.2 Å². The quantitative estimate of drug-likeness (QED) is 0.397. The van der Waals surface area contributed by atoms with Crippen LogP contribution in [0.15, 0.2) is 29.3 Å². The molecule has 1 heterocycles. The lowest BCUT2D eigenvalue weighted by Crippen LogP contribution is -2.44. The molecule has 146 valence electrons. The third-order valence-electron chi connectivity index (χ3n) is 4.70. The Morgan fingerprint density at radius 2 is 1.73 bits per heavy atom. The molecule has 2 N–H and O–H groups in total. The first-order chi connectivity index (χ1) is 12.7. The monoisotopic (exact) mass is 361 g/mol. The van der Waals surface area contributed by atoms with Crippen LogP contribution in [0.25, 0.3) is 0 Å². The van der Waals surface area contributed by atoms with Crippen molar-refractivity contribution in [3.05, 3.63) is 29.8 Å². The van der Waals surface area contributed by atoms with E-state index >= 15 is 0 Å². The number of guanidine groups is 1. The molecule has 6 nitrogen and oxygen atoms in total. The molecule has 1 saturated heterocycles. The highest BCUT2D eigenvalue weighted by molar-refractivity contribution is 5.79. The van der Waals surface area contributed by atoms with Crippen molar-refractivity contribution in [3.8, 4) is 5.75 Å². The Balaban J connectivity index is 1.49. The van der Waals surface area contributed by atoms with Crippen molar-refractivity contribution >= 4 is 5.96 Å². The van der Waals surface area contributed by atoms with E-state index in [1.165, 1.54) is 44.7 Å². The van der Waals surface area contributed by atoms with Crippen LogP contribution < -0.4 is 15.4 Å². The van der Waals surface area contributed by atoms with Crippen LogP contribution >= 0.6 is 0 Å². The molecule has 26 heavy (non-hydrogen) atoms. The highest BCUT2D eigenvalue weighted by Crippen LogP contribution is 2.10. The van der Waals surface area contributed by atoms with Crippen molar-refractivity contribution in [1.29, 1.82) is 0 Å². The fourth-order valence-corrected chi connectivity index (χ4v) is 2.93. The van der Waals surface area contributed by atoms with Gasteiger partial charge in [-0.1, -0.05) is 17.7 Å². The molecule has 1 aromatic carbocycles. The molecule has 1 aliphatic heterocycles. The lowest BCUT2D eigenvalue weighted by molar-refractivity contribution is 0.152. The normalized spacial score (nSPS) is 16.5. The predicted molar refractivity (Wildman–Crippen MR) is 109 cm³/mol. The van der Waals surface area contributed by atoms with Gasteiger partial charge < -0.3 is 25.2 Å². The largest absolute Gasteiger partial charge is 0.492 e. The van der Waals surface area contributed by atoms with E-state index in [-0.39, 0.29) is 0 Å². The first-order valence-corrected chi connectivity index (χ1v) is 9.72. The molecule has 0 aromatic heterocycles. The standard InChI is InChI=1S/C20H35N5O/c1-18-6-8-19(9-7-18)26-17-11-23-20(21-2)22-10-4-5-12-25-15-13-24(3)14-16-25/h6-9H,4-5,10-17H2,1-3H3,(H2,21,22,23). The van der Waals surface area contributed by atoms with Gasteiger partial charge in [-0.15, -0.1) is 0 Å². The second-order valence-corrected chi connectivity index (χ2v) is 6.94. The Morgan fingerprint density at radius 3 is 2.42 bits per heavy atom. The van der Waals surface area contributed by atoms with Gasteiger partial charge in [0.2, 0.25) is 0 Å². The number of aliphatic imine (C=N–C) groups is 1. The molecule has 0 aliphatic carbocycles. The minimum atomic E-state index is 0.618. The smallest absolute Gasteiger partial charge is 0.191 e. The molecule has 1 fully saturated rings. The molecule has 0 atom stereocenters. The van der Waals surface area contributed by atoms with Crippen LogP contribution in [0.3, 0.4) is 0 Å². The maximum atomic E-state index is 5.72. The molecule has 1 aliphatic rings. The minimum absolute atomic E-state index is 0.618. The van der Waals surface area contributed by atoms with Gasteiger partial charge in [-0.2, -0.15) is 0 Å². The Bertz CT molecular complexity index is 524. The molecule has 0 unspecified atom stereocenters. The van der Waals surface area contributed by atoms with E-state index in [1.807, 2.05) is 12.1 Å². The highest BCUT2D eigenvalue weighted by atomic mass is 16.5. The summed E-state index contributed by atoms with van der Waals surface area (Å²) in [5, 5.41) is 6.67. The van der Waals surface area contributed by atoms with Crippen LogP contribution in [0.2, 0.25) is 0 Å². The van der Waals surface area contributed by atoms with Crippen molar-refractivity contribution in [2.45, 2.75) is 19.8 Å². The van der Waals surface area contributed by atoms with Gasteiger partial charge >= 0.3 is 0 Å². The first kappa shape index (κ1) is 20.5. The minimum Gasteiger partial charge on any atom is -0.492 e. The third-order valence-corrected chi connectivity index (χ3v) is 4.70. The average molecular weight is 362 g/mol. The summed E-state index contributed by atoms with van der Waals surface area (Å²) >= 11 is 0. The topological polar surface area (TPSA) is 52.1 Å². The highest BCUT2D eigenvalue weighted by Gasteiger charge is 2.12. The zero-order valence-electron chi connectivity index (χ0n) is 16.6. The van der Waals surface area contributed by atoms with Crippen molar-refractivity contribution < 1.29 is 4.74 Å². The number of piperazine rings is 1. The van der Waals surface area contributed by atoms with E-state index < -0.39 is 0 Å². The Morgan fingerprint density at radius 1 is 1.04 bits per heavy atom. The Kier molecular flexibility index (Phi) is 9.28. The summed E-state index contributed by atoms with van der Waals surface area (Å²) in [6, 6.07) is 8.13. The lowest BCUT2D eigenvalue weighted by Gasteiger charge is -2.32. The maximum Gasteiger partial charge on any atom is 0.191 e. The van der Waals surface area contributed by atoms with Crippen molar-refractivity contribution in [2.24, 2.45) is 4.99 Å². The van der Waals surface area contributed by atoms with E-state index in [1.54, 1.807) is 7.05 Å². The van der Waals surface area contributed by atoms with Gasteiger partial charge in [-0.05, 0) is 45.5 Å². The molecule has 1 aromatic rings. The molecule has 0 amide bonds. The van der Waals surface area contributed by atoms with Crippen LogP contribution in [0.1, 0.15) is 18.4 Å². The number of hydrogen-bond acceptors (Lipinski definition) is 4. The van der Waals surface area contributed by atoms with Crippen LogP contribution in [0.5, 0.6) is 5.75 Å². The van der Waals surface area contributed by atoms with Crippen LogP contribution in [-0.2, 0) is 0 Å². The van der Waals surface area contributed by atoms with Gasteiger partial charge in [0.1, 0.15) is 12.4 Å². The van der Waals surface area contributed by atoms with E-state index in [9.17, 15) is 0 Å². The van der Waals surface area contributed by atoms with Crippen LogP contribution in [0, 0.1) is 6.92 Å². The second kappa shape index (κ2) is 11.8. The van der Waals surface area contributed by atoms with Crippen LogP contribution in [0.4, 0.5) is 0 Å². The zero-order chi connectivity index (χ0) is 18.6.